The fourth-order valence-electron chi connectivity index (χ4n) is 8.13. The fourth-order valence-corrected chi connectivity index (χ4v) is 8.13. The number of pyridine rings is 2. The van der Waals surface area contributed by atoms with Crippen LogP contribution in [0, 0.1) is 0 Å². The maximum Gasteiger partial charge on any atom is 0.264 e. The minimum absolute atomic E-state index is 0.0741. The number of fused-ring (bicyclic) bond motifs is 6. The van der Waals surface area contributed by atoms with Crippen molar-refractivity contribution in [1.82, 2.24) is 10.5 Å². The number of carbonyl (C=O) groups excluding carboxylic acids is 1. The highest BCUT2D eigenvalue weighted by molar-refractivity contribution is 6.23. The summed E-state index contributed by atoms with van der Waals surface area (Å²) in [6, 6.07) is 47.2. The molecular formula is C52H51N6O3+. The van der Waals surface area contributed by atoms with E-state index >= 15 is 0 Å². The van der Waals surface area contributed by atoms with Crippen molar-refractivity contribution >= 4 is 72.3 Å². The van der Waals surface area contributed by atoms with Crippen LogP contribution in [0.25, 0.3) is 43.6 Å². The number of nitrogens with one attached hydrogen (secondary N) is 1. The Morgan fingerprint density at radius 2 is 1.11 bits per heavy atom. The highest BCUT2D eigenvalue weighted by atomic mass is 16.6. The first-order valence-corrected chi connectivity index (χ1v) is 21.0. The molecule has 2 aliphatic heterocycles. The van der Waals surface area contributed by atoms with Crippen molar-refractivity contribution in [2.24, 2.45) is 7.05 Å². The van der Waals surface area contributed by atoms with Crippen LogP contribution >= 0.6 is 0 Å². The number of para-hydroxylation sites is 4. The Morgan fingerprint density at radius 1 is 0.623 bits per heavy atom. The van der Waals surface area contributed by atoms with Gasteiger partial charge in [-0.3, -0.25) is 9.69 Å². The summed E-state index contributed by atoms with van der Waals surface area (Å²) < 4.78 is 8.76. The Morgan fingerprint density at radius 3 is 1.56 bits per heavy atom. The first-order valence-electron chi connectivity index (χ1n) is 21.0. The van der Waals surface area contributed by atoms with Gasteiger partial charge in [-0.05, 0) is 94.4 Å². The lowest BCUT2D eigenvalue weighted by Gasteiger charge is -2.34. The van der Waals surface area contributed by atoms with Crippen LogP contribution in [0.3, 0.4) is 0 Å². The molecule has 8 aromatic rings. The topological polar surface area (TPSA) is 74.1 Å². The largest absolute Gasteiger partial charge is 0.453 e. The number of rotatable bonds is 7. The molecule has 0 atom stereocenters. The second-order valence-corrected chi connectivity index (χ2v) is 14.7. The monoisotopic (exact) mass is 807 g/mol. The molecule has 9 nitrogen and oxygen atoms in total. The average Bonchev–Trinajstić information content (AvgIpc) is 3.32. The van der Waals surface area contributed by atoms with E-state index in [0.717, 1.165) is 81.8 Å². The molecule has 0 radical (unpaired) electrons. The van der Waals surface area contributed by atoms with Crippen LogP contribution < -0.4 is 29.5 Å². The summed E-state index contributed by atoms with van der Waals surface area (Å²) in [4.78, 5) is 30.5. The number of ether oxygens (including phenoxy) is 1. The van der Waals surface area contributed by atoms with Crippen LogP contribution in [0.2, 0.25) is 0 Å². The Balaban J connectivity index is 0.000000208. The van der Waals surface area contributed by atoms with Gasteiger partial charge in [-0.25, -0.2) is 10.5 Å². The molecule has 6 aromatic carbocycles. The number of hydroxylamine groups is 1. The van der Waals surface area contributed by atoms with Crippen molar-refractivity contribution in [3.8, 4) is 11.5 Å². The zero-order valence-electron chi connectivity index (χ0n) is 35.4. The molecule has 61 heavy (non-hydrogen) atoms. The van der Waals surface area contributed by atoms with E-state index in [0.29, 0.717) is 17.1 Å². The van der Waals surface area contributed by atoms with E-state index in [1.54, 1.807) is 18.5 Å². The van der Waals surface area contributed by atoms with Gasteiger partial charge >= 0.3 is 0 Å². The predicted molar refractivity (Wildman–Crippen MR) is 251 cm³/mol. The third kappa shape index (κ3) is 8.15. The molecule has 1 amide bonds. The first kappa shape index (κ1) is 40.4. The lowest BCUT2D eigenvalue weighted by Crippen LogP contribution is -2.34. The molecule has 0 saturated carbocycles. The van der Waals surface area contributed by atoms with Gasteiger partial charge in [0, 0.05) is 78.8 Å². The van der Waals surface area contributed by atoms with E-state index < -0.39 is 0 Å². The second-order valence-electron chi connectivity index (χ2n) is 14.7. The molecule has 0 aliphatic carbocycles. The molecule has 0 spiro atoms. The summed E-state index contributed by atoms with van der Waals surface area (Å²) in [6.07, 6.45) is 6.93. The van der Waals surface area contributed by atoms with Gasteiger partial charge in [-0.2, -0.15) is 4.57 Å². The minimum Gasteiger partial charge on any atom is -0.453 e. The Bertz CT molecular complexity index is 2680. The van der Waals surface area contributed by atoms with Gasteiger partial charge in [0.05, 0.1) is 38.7 Å². The van der Waals surface area contributed by atoms with Gasteiger partial charge in [0.15, 0.2) is 11.5 Å². The number of aromatic nitrogens is 2. The quantitative estimate of drug-likeness (QED) is 0.127. The van der Waals surface area contributed by atoms with Crippen molar-refractivity contribution in [1.29, 1.82) is 0 Å². The molecule has 4 heterocycles. The molecule has 0 fully saturated rings. The van der Waals surface area contributed by atoms with E-state index in [9.17, 15) is 4.79 Å². The van der Waals surface area contributed by atoms with Crippen LogP contribution in [-0.2, 0) is 11.9 Å². The molecule has 306 valence electrons. The third-order valence-electron chi connectivity index (χ3n) is 11.2. The number of hydrogen-bond donors (Lipinski definition) is 1. The van der Waals surface area contributed by atoms with Crippen LogP contribution in [-0.4, -0.2) is 37.1 Å². The number of aryl methyl sites for hydroxylation is 1. The van der Waals surface area contributed by atoms with Crippen LogP contribution in [0.5, 0.6) is 11.5 Å². The molecule has 0 bridgehead atoms. The summed E-state index contributed by atoms with van der Waals surface area (Å²) in [6.45, 7) is 12.2. The van der Waals surface area contributed by atoms with E-state index in [-0.39, 0.29) is 5.91 Å². The SMILES string of the molecule is C1=CNOC=C1.CCN(CC)c1ccc2c(c1)Oc1cc(N(CC)CC)ccc1N2C(=O)c1c2ccccc2[n+](C)c2ccccc12.c1ccc2nc3ccccc3cc2c1. The normalized spacial score (nSPS) is 12.2. The predicted octanol–water partition coefficient (Wildman–Crippen LogP) is 11.5. The van der Waals surface area contributed by atoms with Crippen molar-refractivity contribution in [3.05, 3.63) is 170 Å². The number of benzene rings is 6. The van der Waals surface area contributed by atoms with Gasteiger partial charge in [-0.15, -0.1) is 0 Å². The third-order valence-corrected chi connectivity index (χ3v) is 11.2. The molecule has 2 aromatic heterocycles. The van der Waals surface area contributed by atoms with E-state index in [2.05, 4.69) is 119 Å². The Labute approximate surface area is 357 Å². The summed E-state index contributed by atoms with van der Waals surface area (Å²) in [5.74, 6) is 1.29. The number of amides is 1. The second kappa shape index (κ2) is 18.3. The summed E-state index contributed by atoms with van der Waals surface area (Å²) in [5.41, 5.74) is 11.0. The van der Waals surface area contributed by atoms with Crippen molar-refractivity contribution in [2.45, 2.75) is 27.7 Å². The van der Waals surface area contributed by atoms with Gasteiger partial charge in [-0.1, -0.05) is 60.7 Å². The Hall–Kier alpha value is -7.39. The first-order chi connectivity index (χ1) is 29.9. The Kier molecular flexibility index (Phi) is 12.1. The van der Waals surface area contributed by atoms with Crippen molar-refractivity contribution in [3.63, 3.8) is 0 Å². The van der Waals surface area contributed by atoms with Crippen LogP contribution in [0.15, 0.2) is 164 Å². The number of allylic oxidation sites excluding steroid dienone is 2. The van der Waals surface area contributed by atoms with Crippen molar-refractivity contribution in [2.75, 3.05) is 40.9 Å². The highest BCUT2D eigenvalue weighted by Crippen LogP contribution is 2.50. The zero-order valence-corrected chi connectivity index (χ0v) is 35.4. The van der Waals surface area contributed by atoms with E-state index in [1.807, 2.05) is 95.9 Å². The van der Waals surface area contributed by atoms with Gasteiger partial charge in [0.1, 0.15) is 13.3 Å². The van der Waals surface area contributed by atoms with E-state index in [1.165, 1.54) is 10.8 Å². The minimum atomic E-state index is -0.0741. The molecule has 10 rings (SSSR count). The van der Waals surface area contributed by atoms with Gasteiger partial charge in [0.2, 0.25) is 11.0 Å². The molecule has 9 heteroatoms. The molecule has 0 saturated heterocycles. The molecule has 0 unspecified atom stereocenters. The smallest absolute Gasteiger partial charge is 0.264 e. The zero-order chi connectivity index (χ0) is 42.3. The molecular weight excluding hydrogens is 757 g/mol. The van der Waals surface area contributed by atoms with Gasteiger partial charge < -0.3 is 19.4 Å². The maximum absolute atomic E-state index is 15.0. The summed E-state index contributed by atoms with van der Waals surface area (Å²) in [7, 11) is 2.06. The number of carbonyl (C=O) groups is 1. The van der Waals surface area contributed by atoms with Crippen LogP contribution in [0.4, 0.5) is 22.7 Å². The van der Waals surface area contributed by atoms with E-state index in [4.69, 9.17) is 4.74 Å². The standard InChI is InChI=1S/C35H37N4O2.C13H9N.C4H5NO/c1-6-37(7-2)24-18-20-30-32(22-24)41-33-23-25(38(8-3)9-4)19-21-31(33)39(30)35(40)34-26-14-10-12-16-28(26)36(5)29-17-13-11-15-27(29)34;1-3-7-12-10(5-1)9-11-6-2-4-8-13(11)14-12;1-2-4-6-5-3-1/h10-23H,6-9H2,1-5H3;1-9H;1-5H/q+1;;. The summed E-state index contributed by atoms with van der Waals surface area (Å²) in [5, 5.41) is 4.25. The molecule has 2 aliphatic rings. The average molecular weight is 808 g/mol. The highest BCUT2D eigenvalue weighted by Gasteiger charge is 2.34. The number of nitrogens with zero attached hydrogens (tertiary/aromatic N) is 5. The maximum atomic E-state index is 15.0. The number of anilines is 4. The van der Waals surface area contributed by atoms with Gasteiger partial charge in [0.25, 0.3) is 5.91 Å². The number of hydrogen-bond acceptors (Lipinski definition) is 7. The van der Waals surface area contributed by atoms with Crippen LogP contribution in [0.1, 0.15) is 38.1 Å². The molecule has 1 N–H and O–H groups in total. The van der Waals surface area contributed by atoms with Crippen molar-refractivity contribution < 1.29 is 18.9 Å². The lowest BCUT2D eigenvalue weighted by atomic mass is 9.99. The fraction of sp³-hybridized carbons (Fsp3) is 0.173. The summed E-state index contributed by atoms with van der Waals surface area (Å²) >= 11 is 0. The lowest BCUT2D eigenvalue weighted by molar-refractivity contribution is -0.617.